The van der Waals surface area contributed by atoms with Crippen molar-refractivity contribution in [1.29, 1.82) is 0 Å². The van der Waals surface area contributed by atoms with E-state index >= 15 is 0 Å². The number of imide groups is 1. The van der Waals surface area contributed by atoms with Gasteiger partial charge in [0.2, 0.25) is 5.91 Å². The Labute approximate surface area is 151 Å². The minimum atomic E-state index is -0.808. The fraction of sp³-hybridized carbons (Fsp3) is 0.647. The Kier molecular flexibility index (Phi) is 4.81. The summed E-state index contributed by atoms with van der Waals surface area (Å²) in [6, 6.07) is -0.471. The second-order valence-electron chi connectivity index (χ2n) is 6.96. The van der Waals surface area contributed by atoms with E-state index in [0.717, 1.165) is 34.7 Å². The van der Waals surface area contributed by atoms with Crippen molar-refractivity contribution in [3.63, 3.8) is 0 Å². The second-order valence-corrected chi connectivity index (χ2v) is 8.17. The van der Waals surface area contributed by atoms with Gasteiger partial charge in [0.05, 0.1) is 5.69 Å². The Hall–Kier alpha value is -1.96. The molecule has 1 aromatic rings. The van der Waals surface area contributed by atoms with Gasteiger partial charge in [0.1, 0.15) is 12.1 Å². The zero-order valence-electron chi connectivity index (χ0n) is 14.8. The molecule has 136 valence electrons. The summed E-state index contributed by atoms with van der Waals surface area (Å²) in [6.07, 6.45) is 4.26. The number of aromatic nitrogens is 1. The molecule has 0 radical (unpaired) electrons. The number of rotatable bonds is 4. The predicted octanol–water partition coefficient (Wildman–Crippen LogP) is 2.59. The molecule has 2 N–H and O–H groups in total. The summed E-state index contributed by atoms with van der Waals surface area (Å²) in [5.41, 5.74) is 0.0548. The summed E-state index contributed by atoms with van der Waals surface area (Å²) in [7, 11) is 0. The number of hydrogen-bond donors (Lipinski definition) is 2. The van der Waals surface area contributed by atoms with Gasteiger partial charge in [-0.15, -0.1) is 11.3 Å². The van der Waals surface area contributed by atoms with E-state index in [0.29, 0.717) is 23.9 Å². The lowest BCUT2D eigenvalue weighted by molar-refractivity contribution is -0.135. The molecule has 0 atom stereocenters. The molecule has 2 heterocycles. The standard InChI is InChI=1S/C17H24N4O3S/c1-4-12-5-7-17(8-6-12)14(23)21(16(24)20-17)9-13(22)19-15-18-10(2)11(3)25-15/h12H,4-9H2,1-3H3,(H,20,24)(H,18,19,22). The first-order chi connectivity index (χ1) is 11.8. The van der Waals surface area contributed by atoms with E-state index in [1.54, 1.807) is 0 Å². The van der Waals surface area contributed by atoms with Crippen LogP contribution in [0.4, 0.5) is 9.93 Å². The number of carbonyl (C=O) groups excluding carboxylic acids is 3. The molecule has 25 heavy (non-hydrogen) atoms. The van der Waals surface area contributed by atoms with Crippen LogP contribution in [0.15, 0.2) is 0 Å². The van der Waals surface area contributed by atoms with Gasteiger partial charge in [0, 0.05) is 4.88 Å². The highest BCUT2D eigenvalue weighted by Crippen LogP contribution is 2.37. The topological polar surface area (TPSA) is 91.4 Å². The third-order valence-electron chi connectivity index (χ3n) is 5.36. The van der Waals surface area contributed by atoms with E-state index in [-0.39, 0.29) is 12.5 Å². The first-order valence-electron chi connectivity index (χ1n) is 8.72. The number of amides is 4. The Morgan fingerprint density at radius 2 is 2.04 bits per heavy atom. The van der Waals surface area contributed by atoms with Crippen LogP contribution in [-0.4, -0.2) is 39.8 Å². The summed E-state index contributed by atoms with van der Waals surface area (Å²) < 4.78 is 0. The Balaban J connectivity index is 1.63. The number of aryl methyl sites for hydroxylation is 2. The molecule has 0 bridgehead atoms. The molecule has 0 unspecified atom stereocenters. The SMILES string of the molecule is CCC1CCC2(CC1)NC(=O)N(CC(=O)Nc1nc(C)c(C)s1)C2=O. The molecule has 1 aromatic heterocycles. The molecule has 7 nitrogen and oxygen atoms in total. The van der Waals surface area contributed by atoms with Crippen molar-refractivity contribution >= 4 is 34.3 Å². The van der Waals surface area contributed by atoms with Gasteiger partial charge in [0.15, 0.2) is 5.13 Å². The van der Waals surface area contributed by atoms with Crippen LogP contribution in [0.5, 0.6) is 0 Å². The molecule has 1 aliphatic heterocycles. The van der Waals surface area contributed by atoms with Crippen molar-refractivity contribution < 1.29 is 14.4 Å². The summed E-state index contributed by atoms with van der Waals surface area (Å²) in [5.74, 6) is -0.0608. The van der Waals surface area contributed by atoms with E-state index in [2.05, 4.69) is 22.5 Å². The number of nitrogens with one attached hydrogen (secondary N) is 2. The van der Waals surface area contributed by atoms with Gasteiger partial charge in [-0.3, -0.25) is 14.5 Å². The smallest absolute Gasteiger partial charge is 0.323 e. The van der Waals surface area contributed by atoms with Gasteiger partial charge in [-0.05, 0) is 45.4 Å². The van der Waals surface area contributed by atoms with Crippen molar-refractivity contribution in [3.05, 3.63) is 10.6 Å². The van der Waals surface area contributed by atoms with E-state index in [9.17, 15) is 14.4 Å². The van der Waals surface area contributed by atoms with Crippen LogP contribution in [0.1, 0.15) is 49.6 Å². The van der Waals surface area contributed by atoms with Crippen LogP contribution in [-0.2, 0) is 9.59 Å². The lowest BCUT2D eigenvalue weighted by Crippen LogP contribution is -2.49. The molecule has 1 aliphatic carbocycles. The number of carbonyl (C=O) groups is 3. The first-order valence-corrected chi connectivity index (χ1v) is 9.54. The van der Waals surface area contributed by atoms with Gasteiger partial charge in [-0.1, -0.05) is 13.3 Å². The molecule has 1 saturated heterocycles. The van der Waals surface area contributed by atoms with Crippen LogP contribution >= 0.6 is 11.3 Å². The van der Waals surface area contributed by atoms with Crippen LogP contribution in [0.3, 0.4) is 0 Å². The third-order valence-corrected chi connectivity index (χ3v) is 6.35. The fourth-order valence-electron chi connectivity index (χ4n) is 3.57. The van der Waals surface area contributed by atoms with E-state index in [1.807, 2.05) is 13.8 Å². The molecule has 8 heteroatoms. The van der Waals surface area contributed by atoms with Crippen LogP contribution in [0, 0.1) is 19.8 Å². The van der Waals surface area contributed by atoms with Gasteiger partial charge < -0.3 is 10.6 Å². The summed E-state index contributed by atoms with van der Waals surface area (Å²) in [4.78, 5) is 43.6. The van der Waals surface area contributed by atoms with Crippen LogP contribution < -0.4 is 10.6 Å². The van der Waals surface area contributed by atoms with E-state index in [1.165, 1.54) is 11.3 Å². The quantitative estimate of drug-likeness (QED) is 0.803. The van der Waals surface area contributed by atoms with Crippen LogP contribution in [0.2, 0.25) is 0 Å². The van der Waals surface area contributed by atoms with Crippen molar-refractivity contribution in [1.82, 2.24) is 15.2 Å². The Morgan fingerprint density at radius 1 is 1.36 bits per heavy atom. The molecule has 4 amide bonds. The summed E-state index contributed by atoms with van der Waals surface area (Å²) in [6.45, 7) is 5.67. The zero-order valence-corrected chi connectivity index (χ0v) is 15.7. The monoisotopic (exact) mass is 364 g/mol. The van der Waals surface area contributed by atoms with E-state index < -0.39 is 17.5 Å². The minimum Gasteiger partial charge on any atom is -0.323 e. The van der Waals surface area contributed by atoms with Crippen molar-refractivity contribution in [3.8, 4) is 0 Å². The maximum atomic E-state index is 12.8. The maximum absolute atomic E-state index is 12.8. The molecule has 2 fully saturated rings. The van der Waals surface area contributed by atoms with Gasteiger partial charge in [0.25, 0.3) is 5.91 Å². The molecule has 1 spiro atoms. The fourth-order valence-corrected chi connectivity index (χ4v) is 4.40. The number of anilines is 1. The lowest BCUT2D eigenvalue weighted by Gasteiger charge is -2.34. The molecule has 2 aliphatic rings. The van der Waals surface area contributed by atoms with Crippen molar-refractivity contribution in [2.45, 2.75) is 58.4 Å². The number of thiazole rings is 1. The molecule has 1 saturated carbocycles. The van der Waals surface area contributed by atoms with Gasteiger partial charge in [-0.25, -0.2) is 9.78 Å². The molecular formula is C17H24N4O3S. The number of hydrogen-bond acceptors (Lipinski definition) is 5. The highest BCUT2D eigenvalue weighted by molar-refractivity contribution is 7.15. The van der Waals surface area contributed by atoms with Crippen LogP contribution in [0.25, 0.3) is 0 Å². The normalized spacial score (nSPS) is 26.2. The van der Waals surface area contributed by atoms with Gasteiger partial charge >= 0.3 is 6.03 Å². The first kappa shape index (κ1) is 17.8. The molecular weight excluding hydrogens is 340 g/mol. The highest BCUT2D eigenvalue weighted by atomic mass is 32.1. The minimum absolute atomic E-state index is 0.270. The van der Waals surface area contributed by atoms with Crippen molar-refractivity contribution in [2.24, 2.45) is 5.92 Å². The highest BCUT2D eigenvalue weighted by Gasteiger charge is 2.52. The lowest BCUT2D eigenvalue weighted by atomic mass is 9.75. The predicted molar refractivity (Wildman–Crippen MR) is 95.4 cm³/mol. The van der Waals surface area contributed by atoms with Gasteiger partial charge in [-0.2, -0.15) is 0 Å². The number of nitrogens with zero attached hydrogens (tertiary/aromatic N) is 2. The second kappa shape index (κ2) is 6.74. The summed E-state index contributed by atoms with van der Waals surface area (Å²) >= 11 is 1.38. The average Bonchev–Trinajstić information content (AvgIpc) is 3.00. The largest absolute Gasteiger partial charge is 0.325 e. The maximum Gasteiger partial charge on any atom is 0.325 e. The molecule has 3 rings (SSSR count). The Bertz CT molecular complexity index is 687. The third kappa shape index (κ3) is 3.40. The summed E-state index contributed by atoms with van der Waals surface area (Å²) in [5, 5.41) is 6.01. The zero-order chi connectivity index (χ0) is 18.2. The number of urea groups is 1. The van der Waals surface area contributed by atoms with Crippen molar-refractivity contribution in [2.75, 3.05) is 11.9 Å². The average molecular weight is 364 g/mol. The van der Waals surface area contributed by atoms with E-state index in [4.69, 9.17) is 0 Å². The molecule has 0 aromatic carbocycles. The Morgan fingerprint density at radius 3 is 2.60 bits per heavy atom.